The first-order chi connectivity index (χ1) is 8.59. The molecule has 0 aromatic heterocycles. The van der Waals surface area contributed by atoms with Crippen molar-refractivity contribution >= 4 is 11.6 Å². The lowest BCUT2D eigenvalue weighted by Gasteiger charge is -2.38. The third kappa shape index (κ3) is 3.04. The standard InChI is InChI=1S/C14H21ClN2O/c1-10(2)17-7-8-18-13(9-17)14(16)11-5-3-4-6-12(11)15/h3-6,10,13-14H,7-9,16H2,1-2H3. The molecule has 1 aromatic carbocycles. The van der Waals surface area contributed by atoms with Crippen molar-refractivity contribution in [3.8, 4) is 0 Å². The van der Waals surface area contributed by atoms with Crippen LogP contribution in [-0.2, 0) is 4.74 Å². The number of hydrogen-bond donors (Lipinski definition) is 1. The SMILES string of the molecule is CC(C)N1CCOC(C(N)c2ccccc2Cl)C1. The van der Waals surface area contributed by atoms with Crippen LogP contribution in [0.15, 0.2) is 24.3 Å². The fraction of sp³-hybridized carbons (Fsp3) is 0.571. The molecule has 0 spiro atoms. The van der Waals surface area contributed by atoms with Gasteiger partial charge in [-0.2, -0.15) is 0 Å². The molecule has 1 fully saturated rings. The maximum Gasteiger partial charge on any atom is 0.0895 e. The van der Waals surface area contributed by atoms with Crippen LogP contribution >= 0.6 is 11.6 Å². The van der Waals surface area contributed by atoms with Gasteiger partial charge in [-0.1, -0.05) is 29.8 Å². The van der Waals surface area contributed by atoms with Crippen LogP contribution in [0.25, 0.3) is 0 Å². The van der Waals surface area contributed by atoms with E-state index in [9.17, 15) is 0 Å². The number of nitrogens with zero attached hydrogens (tertiary/aromatic N) is 1. The molecule has 0 amide bonds. The maximum atomic E-state index is 6.30. The molecule has 2 atom stereocenters. The lowest BCUT2D eigenvalue weighted by molar-refractivity contribution is -0.0502. The van der Waals surface area contributed by atoms with E-state index in [0.717, 1.165) is 30.3 Å². The van der Waals surface area contributed by atoms with Crippen LogP contribution < -0.4 is 5.73 Å². The van der Waals surface area contributed by atoms with Gasteiger partial charge in [-0.05, 0) is 25.5 Å². The summed E-state index contributed by atoms with van der Waals surface area (Å²) in [4.78, 5) is 2.39. The predicted octanol–water partition coefficient (Wildman–Crippen LogP) is 2.45. The van der Waals surface area contributed by atoms with Gasteiger partial charge in [0.1, 0.15) is 0 Å². The van der Waals surface area contributed by atoms with Crippen LogP contribution in [-0.4, -0.2) is 36.7 Å². The van der Waals surface area contributed by atoms with E-state index in [0.29, 0.717) is 6.04 Å². The third-order valence-electron chi connectivity index (χ3n) is 3.52. The first-order valence-electron chi connectivity index (χ1n) is 6.45. The van der Waals surface area contributed by atoms with Gasteiger partial charge < -0.3 is 10.5 Å². The Morgan fingerprint density at radius 2 is 2.11 bits per heavy atom. The number of benzene rings is 1. The molecule has 2 N–H and O–H groups in total. The number of morpholine rings is 1. The molecule has 18 heavy (non-hydrogen) atoms. The maximum absolute atomic E-state index is 6.30. The minimum Gasteiger partial charge on any atom is -0.374 e. The molecule has 1 saturated heterocycles. The number of hydrogen-bond acceptors (Lipinski definition) is 3. The fourth-order valence-corrected chi connectivity index (χ4v) is 2.59. The molecule has 0 radical (unpaired) electrons. The van der Waals surface area contributed by atoms with Crippen LogP contribution in [0, 0.1) is 0 Å². The molecule has 4 heteroatoms. The van der Waals surface area contributed by atoms with Crippen molar-refractivity contribution in [1.29, 1.82) is 0 Å². The van der Waals surface area contributed by atoms with Crippen LogP contribution in [0.5, 0.6) is 0 Å². The zero-order valence-electron chi connectivity index (χ0n) is 11.0. The van der Waals surface area contributed by atoms with Gasteiger partial charge in [0.2, 0.25) is 0 Å². The molecule has 0 aliphatic carbocycles. The minimum absolute atomic E-state index is 0.0149. The first kappa shape index (κ1) is 13.8. The van der Waals surface area contributed by atoms with E-state index in [-0.39, 0.29) is 12.1 Å². The van der Waals surface area contributed by atoms with Crippen molar-refractivity contribution in [1.82, 2.24) is 4.90 Å². The topological polar surface area (TPSA) is 38.5 Å². The number of halogens is 1. The second-order valence-corrected chi connectivity index (χ2v) is 5.45. The van der Waals surface area contributed by atoms with Gasteiger partial charge >= 0.3 is 0 Å². The van der Waals surface area contributed by atoms with Crippen molar-refractivity contribution in [2.24, 2.45) is 5.73 Å². The Hall–Kier alpha value is -0.610. The Bertz CT molecular complexity index is 397. The second-order valence-electron chi connectivity index (χ2n) is 5.05. The number of nitrogens with two attached hydrogens (primary N) is 1. The molecule has 1 aromatic rings. The van der Waals surface area contributed by atoms with Crippen molar-refractivity contribution < 1.29 is 4.74 Å². The van der Waals surface area contributed by atoms with Gasteiger partial charge in [-0.3, -0.25) is 4.90 Å². The first-order valence-corrected chi connectivity index (χ1v) is 6.83. The summed E-state index contributed by atoms with van der Waals surface area (Å²) in [5.41, 5.74) is 7.26. The summed E-state index contributed by atoms with van der Waals surface area (Å²) < 4.78 is 5.80. The van der Waals surface area contributed by atoms with Gasteiger partial charge in [0.05, 0.1) is 18.8 Å². The van der Waals surface area contributed by atoms with Crippen molar-refractivity contribution in [3.05, 3.63) is 34.9 Å². The van der Waals surface area contributed by atoms with Gasteiger partial charge in [-0.15, -0.1) is 0 Å². The Morgan fingerprint density at radius 3 is 2.78 bits per heavy atom. The Kier molecular flexibility index (Phi) is 4.62. The van der Waals surface area contributed by atoms with Gasteiger partial charge in [0.25, 0.3) is 0 Å². The van der Waals surface area contributed by atoms with Gasteiger partial charge in [0, 0.05) is 24.2 Å². The van der Waals surface area contributed by atoms with Crippen LogP contribution in [0.2, 0.25) is 5.02 Å². The monoisotopic (exact) mass is 268 g/mol. The second kappa shape index (κ2) is 6.02. The molecule has 2 rings (SSSR count). The summed E-state index contributed by atoms with van der Waals surface area (Å²) in [5, 5.41) is 0.718. The van der Waals surface area contributed by atoms with E-state index in [1.54, 1.807) is 0 Å². The summed E-state index contributed by atoms with van der Waals surface area (Å²) >= 11 is 6.19. The van der Waals surface area contributed by atoms with Crippen molar-refractivity contribution in [2.75, 3.05) is 19.7 Å². The van der Waals surface area contributed by atoms with Crippen LogP contribution in [0.1, 0.15) is 25.5 Å². The Labute approximate surface area is 114 Å². The van der Waals surface area contributed by atoms with E-state index in [1.807, 2.05) is 24.3 Å². The zero-order valence-corrected chi connectivity index (χ0v) is 11.7. The molecule has 3 nitrogen and oxygen atoms in total. The van der Waals surface area contributed by atoms with Gasteiger partial charge in [0.15, 0.2) is 0 Å². The zero-order chi connectivity index (χ0) is 13.1. The molecular formula is C14H21ClN2O. The summed E-state index contributed by atoms with van der Waals surface area (Å²) in [5.74, 6) is 0. The molecule has 1 aliphatic heterocycles. The van der Waals surface area contributed by atoms with Gasteiger partial charge in [-0.25, -0.2) is 0 Å². The molecule has 0 saturated carbocycles. The largest absolute Gasteiger partial charge is 0.374 e. The Morgan fingerprint density at radius 1 is 1.39 bits per heavy atom. The number of rotatable bonds is 3. The van der Waals surface area contributed by atoms with E-state index in [1.165, 1.54) is 0 Å². The predicted molar refractivity (Wildman–Crippen MR) is 74.8 cm³/mol. The highest BCUT2D eigenvalue weighted by atomic mass is 35.5. The van der Waals surface area contributed by atoms with E-state index >= 15 is 0 Å². The van der Waals surface area contributed by atoms with Crippen LogP contribution in [0.3, 0.4) is 0 Å². The average Bonchev–Trinajstić information content (AvgIpc) is 2.38. The lowest BCUT2D eigenvalue weighted by atomic mass is 10.0. The summed E-state index contributed by atoms with van der Waals surface area (Å²) in [7, 11) is 0. The highest BCUT2D eigenvalue weighted by Gasteiger charge is 2.28. The highest BCUT2D eigenvalue weighted by Crippen LogP contribution is 2.26. The fourth-order valence-electron chi connectivity index (χ4n) is 2.33. The molecule has 0 bridgehead atoms. The quantitative estimate of drug-likeness (QED) is 0.915. The summed E-state index contributed by atoms with van der Waals surface area (Å²) in [6, 6.07) is 8.09. The third-order valence-corrected chi connectivity index (χ3v) is 3.86. The van der Waals surface area contributed by atoms with Crippen molar-refractivity contribution in [2.45, 2.75) is 32.0 Å². The normalized spacial score (nSPS) is 23.3. The average molecular weight is 269 g/mol. The molecule has 2 unspecified atom stereocenters. The minimum atomic E-state index is -0.166. The van der Waals surface area contributed by atoms with E-state index < -0.39 is 0 Å². The lowest BCUT2D eigenvalue weighted by Crippen LogP contribution is -2.49. The van der Waals surface area contributed by atoms with Crippen LogP contribution in [0.4, 0.5) is 0 Å². The smallest absolute Gasteiger partial charge is 0.0895 e. The molecule has 100 valence electrons. The van der Waals surface area contributed by atoms with E-state index in [2.05, 4.69) is 18.7 Å². The molecule has 1 aliphatic rings. The summed E-state index contributed by atoms with van der Waals surface area (Å²) in [6.07, 6.45) is 0.0149. The molecular weight excluding hydrogens is 248 g/mol. The summed E-state index contributed by atoms with van der Waals surface area (Å²) in [6.45, 7) is 6.97. The van der Waals surface area contributed by atoms with E-state index in [4.69, 9.17) is 22.1 Å². The highest BCUT2D eigenvalue weighted by molar-refractivity contribution is 6.31. The number of ether oxygens (including phenoxy) is 1. The molecule has 1 heterocycles. The van der Waals surface area contributed by atoms with Crippen molar-refractivity contribution in [3.63, 3.8) is 0 Å². The Balaban J connectivity index is 2.09.